The highest BCUT2D eigenvalue weighted by Gasteiger charge is 2.60. The summed E-state index contributed by atoms with van der Waals surface area (Å²) in [4.78, 5) is 18.4. The molecule has 2 saturated carbocycles. The molecule has 6 heteroatoms. The fourth-order valence-electron chi connectivity index (χ4n) is 12.8. The van der Waals surface area contributed by atoms with E-state index in [4.69, 9.17) is 4.42 Å². The van der Waals surface area contributed by atoms with E-state index in [-0.39, 0.29) is 23.2 Å². The molecule has 0 bridgehead atoms. The fraction of sp³-hybridized carbons (Fsp3) is 0.404. The van der Waals surface area contributed by atoms with Gasteiger partial charge in [0.15, 0.2) is 0 Å². The van der Waals surface area contributed by atoms with Gasteiger partial charge in [0.05, 0.1) is 11.4 Å². The summed E-state index contributed by atoms with van der Waals surface area (Å²) in [7, 11) is 0. The van der Waals surface area contributed by atoms with Gasteiger partial charge in [-0.05, 0) is 115 Å². The van der Waals surface area contributed by atoms with E-state index in [1.807, 2.05) is 13.8 Å². The first-order valence-electron chi connectivity index (χ1n) is 22.6. The van der Waals surface area contributed by atoms with Gasteiger partial charge in [-0.2, -0.15) is 0 Å². The van der Waals surface area contributed by atoms with Gasteiger partial charge < -0.3 is 9.32 Å². The predicted molar refractivity (Wildman–Crippen MR) is 243 cm³/mol. The smallest absolute Gasteiger partial charge is 0.361 e. The van der Waals surface area contributed by atoms with Crippen molar-refractivity contribution < 1.29 is 4.42 Å². The second-order valence-electron chi connectivity index (χ2n) is 18.7. The summed E-state index contributed by atoms with van der Waals surface area (Å²) in [5.74, 6) is 0.725. The van der Waals surface area contributed by atoms with Gasteiger partial charge in [-0.1, -0.05) is 116 Å². The van der Waals surface area contributed by atoms with Crippen molar-refractivity contribution in [1.82, 2.24) is 9.27 Å². The van der Waals surface area contributed by atoms with Crippen molar-refractivity contribution in [2.75, 3.05) is 4.90 Å². The highest BCUT2D eigenvalue weighted by Crippen LogP contribution is 2.62. The van der Waals surface area contributed by atoms with Crippen molar-refractivity contribution >= 4 is 51.1 Å². The molecule has 2 aliphatic heterocycles. The summed E-state index contributed by atoms with van der Waals surface area (Å²) in [6.45, 7) is 13.0. The van der Waals surface area contributed by atoms with Crippen molar-refractivity contribution in [2.24, 2.45) is 0 Å². The first kappa shape index (κ1) is 36.1. The number of para-hydroxylation sites is 1. The number of anilines is 2. The molecule has 58 heavy (non-hydrogen) atoms. The van der Waals surface area contributed by atoms with Crippen LogP contribution in [0.15, 0.2) is 99.9 Å². The molecule has 294 valence electrons. The minimum Gasteiger partial charge on any atom is -0.456 e. The van der Waals surface area contributed by atoms with Crippen LogP contribution in [-0.2, 0) is 10.8 Å². The summed E-state index contributed by atoms with van der Waals surface area (Å²) >= 11 is 0. The third-order valence-electron chi connectivity index (χ3n) is 15.0. The second kappa shape index (κ2) is 13.0. The summed E-state index contributed by atoms with van der Waals surface area (Å²) < 4.78 is 11.7. The molecule has 2 aromatic heterocycles. The minimum absolute atomic E-state index is 0.0106. The number of fused-ring (bicyclic) bond motifs is 13. The number of rotatable bonds is 4. The van der Waals surface area contributed by atoms with Crippen LogP contribution >= 0.6 is 0 Å². The molecule has 0 N–H and O–H groups in total. The largest absolute Gasteiger partial charge is 0.456 e. The van der Waals surface area contributed by atoms with E-state index in [9.17, 15) is 0 Å². The van der Waals surface area contributed by atoms with Gasteiger partial charge in [-0.25, -0.2) is 0 Å². The SMILES string of the molecule is CC.CC(C)c1cccc(C(C)C)c1-c1cc2c3c(c1)-n1c4c(c(=O)n1B3c1c(ccc3c1oc1ccccc13)N2C1=CCCC=C1)C1(CCCC1)CC41CCCC1. The van der Waals surface area contributed by atoms with E-state index in [2.05, 4.69) is 127 Å². The van der Waals surface area contributed by atoms with Crippen molar-refractivity contribution in [3.63, 3.8) is 0 Å². The summed E-state index contributed by atoms with van der Waals surface area (Å²) in [6.07, 6.45) is 19.8. The van der Waals surface area contributed by atoms with Gasteiger partial charge in [-0.3, -0.25) is 14.1 Å². The topological polar surface area (TPSA) is 43.3 Å². The maximum absolute atomic E-state index is 15.8. The Hall–Kier alpha value is -4.97. The molecular formula is C52H56BN3O2. The molecule has 5 nitrogen and oxygen atoms in total. The van der Waals surface area contributed by atoms with Crippen LogP contribution in [0.2, 0.25) is 0 Å². The summed E-state index contributed by atoms with van der Waals surface area (Å²) in [6, 6.07) is 24.9. The molecule has 12 rings (SSSR count). The van der Waals surface area contributed by atoms with Crippen LogP contribution in [0, 0.1) is 0 Å². The normalized spacial score (nSPS) is 19.1. The van der Waals surface area contributed by atoms with E-state index in [0.717, 1.165) is 65.2 Å². The molecule has 4 aromatic carbocycles. The highest BCUT2D eigenvalue weighted by molar-refractivity contribution is 6.90. The molecule has 4 aliphatic carbocycles. The van der Waals surface area contributed by atoms with Gasteiger partial charge in [0.2, 0.25) is 0 Å². The van der Waals surface area contributed by atoms with Crippen LogP contribution in [0.5, 0.6) is 0 Å². The van der Waals surface area contributed by atoms with Crippen molar-refractivity contribution in [1.29, 1.82) is 0 Å². The number of hydrogen-bond acceptors (Lipinski definition) is 3. The average Bonchev–Trinajstić information content (AvgIpc) is 4.11. The van der Waals surface area contributed by atoms with Gasteiger partial charge >= 0.3 is 6.85 Å². The van der Waals surface area contributed by atoms with Gasteiger partial charge in [-0.15, -0.1) is 0 Å². The molecule has 2 fully saturated rings. The third kappa shape index (κ3) is 4.69. The number of hydrogen-bond donors (Lipinski definition) is 0. The molecule has 6 aromatic rings. The zero-order valence-electron chi connectivity index (χ0n) is 35.3. The molecule has 0 atom stereocenters. The molecule has 0 saturated heterocycles. The van der Waals surface area contributed by atoms with Gasteiger partial charge in [0.1, 0.15) is 11.2 Å². The number of allylic oxidation sites excluding steroid dienone is 3. The first-order chi connectivity index (χ1) is 28.3. The summed E-state index contributed by atoms with van der Waals surface area (Å²) in [5, 5.41) is 2.24. The van der Waals surface area contributed by atoms with Crippen LogP contribution in [0.1, 0.15) is 146 Å². The van der Waals surface area contributed by atoms with Crippen LogP contribution < -0.4 is 21.4 Å². The third-order valence-corrected chi connectivity index (χ3v) is 15.0. The van der Waals surface area contributed by atoms with Gasteiger partial charge in [0, 0.05) is 55.2 Å². The standard InChI is InChI=1S/C50H50BN3O2.C2H6/c1-30(2)34-18-14-19-35(31(3)4)42(34)32-27-39-44-40(28-32)53-47-43(49(23-10-11-24-49)29-50(47)25-12-13-26-50)48(55)54(53)51(44)45-38(52(39)33-15-6-5-7-16-33)22-21-37-36-17-8-9-20-41(36)56-46(37)45;1-2/h6,8-9,14-22,27-28,30-31H,5,7,10-13,23-26,29H2,1-4H3;1-2H3. The Labute approximate surface area is 343 Å². The Morgan fingerprint density at radius 3 is 2.10 bits per heavy atom. The van der Waals surface area contributed by atoms with Crippen molar-refractivity contribution in [3.8, 4) is 16.8 Å². The lowest BCUT2D eigenvalue weighted by Gasteiger charge is -2.36. The number of aromatic nitrogens is 2. The lowest BCUT2D eigenvalue weighted by atomic mass is 9.48. The van der Waals surface area contributed by atoms with Crippen molar-refractivity contribution in [3.05, 3.63) is 123 Å². The second-order valence-corrected chi connectivity index (χ2v) is 18.7. The Balaban J connectivity index is 0.00000190. The molecule has 0 amide bonds. The molecule has 2 spiro atoms. The van der Waals surface area contributed by atoms with Crippen LogP contribution in [-0.4, -0.2) is 16.1 Å². The molecule has 0 radical (unpaired) electrons. The molecule has 4 heterocycles. The van der Waals surface area contributed by atoms with Crippen LogP contribution in [0.25, 0.3) is 38.8 Å². The molecule has 6 aliphatic rings. The van der Waals surface area contributed by atoms with E-state index in [1.54, 1.807) is 0 Å². The van der Waals surface area contributed by atoms with E-state index in [1.165, 1.54) is 94.6 Å². The van der Waals surface area contributed by atoms with Gasteiger partial charge in [0.25, 0.3) is 5.56 Å². The zero-order valence-corrected chi connectivity index (χ0v) is 35.3. The average molecular weight is 766 g/mol. The van der Waals surface area contributed by atoms with Crippen LogP contribution in [0.3, 0.4) is 0 Å². The zero-order chi connectivity index (χ0) is 39.7. The Morgan fingerprint density at radius 1 is 0.724 bits per heavy atom. The lowest BCUT2D eigenvalue weighted by molar-refractivity contribution is 0.311. The first-order valence-corrected chi connectivity index (χ1v) is 22.6. The predicted octanol–water partition coefficient (Wildman–Crippen LogP) is 12.2. The maximum atomic E-state index is 15.8. The fourth-order valence-corrected chi connectivity index (χ4v) is 12.8. The Bertz CT molecular complexity index is 2770. The molecule has 0 unspecified atom stereocenters. The number of furan rings is 1. The van der Waals surface area contributed by atoms with Crippen LogP contribution in [0.4, 0.5) is 11.4 Å². The Morgan fingerprint density at radius 2 is 1.41 bits per heavy atom. The van der Waals surface area contributed by atoms with E-state index in [0.29, 0.717) is 11.8 Å². The highest BCUT2D eigenvalue weighted by atomic mass is 16.3. The maximum Gasteiger partial charge on any atom is 0.361 e. The van der Waals surface area contributed by atoms with E-state index < -0.39 is 0 Å². The Kier molecular flexibility index (Phi) is 8.11. The summed E-state index contributed by atoms with van der Waals surface area (Å²) in [5.41, 5.74) is 17.0. The number of benzene rings is 4. The monoisotopic (exact) mass is 765 g/mol. The quantitative estimate of drug-likeness (QED) is 0.168. The minimum atomic E-state index is -0.294. The van der Waals surface area contributed by atoms with Crippen molar-refractivity contribution in [2.45, 2.75) is 135 Å². The van der Waals surface area contributed by atoms with E-state index >= 15 is 4.79 Å². The number of nitrogens with zero attached hydrogens (tertiary/aromatic N) is 3. The molecular weight excluding hydrogens is 709 g/mol. The lowest BCUT2D eigenvalue weighted by Crippen LogP contribution is -2.56.